The second-order valence-corrected chi connectivity index (χ2v) is 5.29. The highest BCUT2D eigenvalue weighted by atomic mass is 16.6. The Labute approximate surface area is 137 Å². The fraction of sp³-hybridized carbons (Fsp3) is 0.176. The number of carbonyl (C=O) groups is 1. The van der Waals surface area contributed by atoms with E-state index in [9.17, 15) is 14.9 Å². The number of fused-ring (bicyclic) bond motifs is 1. The zero-order valence-electron chi connectivity index (χ0n) is 13.0. The summed E-state index contributed by atoms with van der Waals surface area (Å²) in [5, 5.41) is 10.9. The van der Waals surface area contributed by atoms with Crippen molar-refractivity contribution in [2.75, 3.05) is 7.11 Å². The van der Waals surface area contributed by atoms with Crippen LogP contribution in [0.2, 0.25) is 0 Å². The molecule has 7 nitrogen and oxygen atoms in total. The van der Waals surface area contributed by atoms with Crippen LogP contribution in [0, 0.1) is 10.1 Å². The first-order valence-electron chi connectivity index (χ1n) is 7.33. The first-order chi connectivity index (χ1) is 11.6. The van der Waals surface area contributed by atoms with Crippen LogP contribution in [0.25, 0.3) is 11.0 Å². The van der Waals surface area contributed by atoms with E-state index in [1.54, 1.807) is 12.4 Å². The van der Waals surface area contributed by atoms with Gasteiger partial charge in [-0.05, 0) is 11.6 Å². The topological polar surface area (TPSA) is 87.3 Å². The Balaban J connectivity index is 2.09. The number of nitro benzene ring substituents is 1. The van der Waals surface area contributed by atoms with Crippen molar-refractivity contribution in [3.8, 4) is 0 Å². The summed E-state index contributed by atoms with van der Waals surface area (Å²) in [6.07, 6.45) is 1.73. The maximum atomic E-state index is 11.8. The van der Waals surface area contributed by atoms with Gasteiger partial charge in [0.15, 0.2) is 0 Å². The number of ether oxygens (including phenoxy) is 1. The Bertz CT molecular complexity index is 889. The van der Waals surface area contributed by atoms with Crippen molar-refractivity contribution >= 4 is 22.7 Å². The monoisotopic (exact) mass is 325 g/mol. The number of rotatable bonds is 5. The van der Waals surface area contributed by atoms with Crippen molar-refractivity contribution in [3.05, 3.63) is 70.5 Å². The van der Waals surface area contributed by atoms with Crippen LogP contribution < -0.4 is 0 Å². The zero-order valence-corrected chi connectivity index (χ0v) is 13.0. The number of esters is 1. The Morgan fingerprint density at radius 3 is 2.71 bits per heavy atom. The zero-order chi connectivity index (χ0) is 17.1. The van der Waals surface area contributed by atoms with Gasteiger partial charge in [0.05, 0.1) is 41.9 Å². The first-order valence-corrected chi connectivity index (χ1v) is 7.33. The SMILES string of the molecule is COC(=O)C[C@H](c1ccccc1)n1cnc2cc([N+](=O)[O-])ccc21. The average Bonchev–Trinajstić information content (AvgIpc) is 3.03. The van der Waals surface area contributed by atoms with Crippen LogP contribution in [0.15, 0.2) is 54.9 Å². The number of nitro groups is 1. The summed E-state index contributed by atoms with van der Waals surface area (Å²) >= 11 is 0. The quantitative estimate of drug-likeness (QED) is 0.408. The molecule has 1 aromatic heterocycles. The summed E-state index contributed by atoms with van der Waals surface area (Å²) in [5.74, 6) is -0.340. The minimum absolute atomic E-state index is 0.0167. The Morgan fingerprint density at radius 1 is 1.29 bits per heavy atom. The second kappa shape index (κ2) is 6.49. The number of methoxy groups -OCH3 is 1. The van der Waals surface area contributed by atoms with Gasteiger partial charge in [-0.25, -0.2) is 4.98 Å². The summed E-state index contributed by atoms with van der Waals surface area (Å²) in [6, 6.07) is 13.7. The first kappa shape index (κ1) is 15.7. The van der Waals surface area contributed by atoms with Crippen LogP contribution in [-0.2, 0) is 9.53 Å². The predicted molar refractivity (Wildman–Crippen MR) is 87.6 cm³/mol. The number of carbonyl (C=O) groups excluding carboxylic acids is 1. The molecule has 0 unspecified atom stereocenters. The fourth-order valence-electron chi connectivity index (χ4n) is 2.68. The van der Waals surface area contributed by atoms with Gasteiger partial charge in [-0.2, -0.15) is 0 Å². The van der Waals surface area contributed by atoms with Crippen molar-refractivity contribution in [3.63, 3.8) is 0 Å². The molecule has 3 aromatic rings. The van der Waals surface area contributed by atoms with E-state index in [2.05, 4.69) is 4.98 Å². The van der Waals surface area contributed by atoms with Gasteiger partial charge in [0.1, 0.15) is 0 Å². The van der Waals surface area contributed by atoms with Crippen molar-refractivity contribution < 1.29 is 14.5 Å². The third-order valence-electron chi connectivity index (χ3n) is 3.88. The molecule has 0 aliphatic heterocycles. The van der Waals surface area contributed by atoms with Gasteiger partial charge in [0.25, 0.3) is 5.69 Å². The molecule has 0 saturated heterocycles. The van der Waals surface area contributed by atoms with E-state index in [1.807, 2.05) is 34.9 Å². The summed E-state index contributed by atoms with van der Waals surface area (Å²) in [5.41, 5.74) is 2.14. The molecular weight excluding hydrogens is 310 g/mol. The fourth-order valence-corrected chi connectivity index (χ4v) is 2.68. The molecule has 0 aliphatic rings. The van der Waals surface area contributed by atoms with E-state index in [-0.39, 0.29) is 24.1 Å². The van der Waals surface area contributed by atoms with E-state index >= 15 is 0 Å². The highest BCUT2D eigenvalue weighted by Gasteiger charge is 2.21. The highest BCUT2D eigenvalue weighted by molar-refractivity contribution is 5.79. The molecule has 0 N–H and O–H groups in total. The Hall–Kier alpha value is -3.22. The van der Waals surface area contributed by atoms with E-state index in [0.29, 0.717) is 5.52 Å². The molecule has 0 amide bonds. The summed E-state index contributed by atoms with van der Waals surface area (Å²) in [7, 11) is 1.35. The van der Waals surface area contributed by atoms with Gasteiger partial charge in [0.2, 0.25) is 0 Å². The third-order valence-corrected chi connectivity index (χ3v) is 3.88. The molecule has 7 heteroatoms. The van der Waals surface area contributed by atoms with Crippen LogP contribution in [0.4, 0.5) is 5.69 Å². The minimum atomic E-state index is -0.457. The van der Waals surface area contributed by atoms with Crippen molar-refractivity contribution in [2.45, 2.75) is 12.5 Å². The number of hydrogen-bond donors (Lipinski definition) is 0. The summed E-state index contributed by atoms with van der Waals surface area (Å²) in [4.78, 5) is 26.5. The lowest BCUT2D eigenvalue weighted by Gasteiger charge is -2.19. The van der Waals surface area contributed by atoms with Gasteiger partial charge < -0.3 is 9.30 Å². The number of benzene rings is 2. The van der Waals surface area contributed by atoms with Crippen LogP contribution >= 0.6 is 0 Å². The largest absolute Gasteiger partial charge is 0.469 e. The van der Waals surface area contributed by atoms with Gasteiger partial charge >= 0.3 is 5.97 Å². The second-order valence-electron chi connectivity index (χ2n) is 5.29. The molecule has 0 bridgehead atoms. The van der Waals surface area contributed by atoms with Crippen molar-refractivity contribution in [2.24, 2.45) is 0 Å². The molecule has 0 spiro atoms. The standard InChI is InChI=1S/C17H15N3O4/c1-24-17(21)10-16(12-5-3-2-4-6-12)19-11-18-14-9-13(20(22)23)7-8-15(14)19/h2-9,11,16H,10H2,1H3/t16-/m1/s1. The molecule has 0 saturated carbocycles. The third kappa shape index (κ3) is 2.96. The molecule has 1 atom stereocenters. The predicted octanol–water partition coefficient (Wildman–Crippen LogP) is 3.10. The summed E-state index contributed by atoms with van der Waals surface area (Å²) in [6.45, 7) is 0. The molecule has 3 rings (SSSR count). The number of imidazole rings is 1. The van der Waals surface area contributed by atoms with Crippen molar-refractivity contribution in [1.29, 1.82) is 0 Å². The number of hydrogen-bond acceptors (Lipinski definition) is 5. The highest BCUT2D eigenvalue weighted by Crippen LogP contribution is 2.28. The van der Waals surface area contributed by atoms with E-state index in [4.69, 9.17) is 4.74 Å². The number of aromatic nitrogens is 2. The van der Waals surface area contributed by atoms with Crippen LogP contribution in [0.1, 0.15) is 18.0 Å². The van der Waals surface area contributed by atoms with E-state index < -0.39 is 4.92 Å². The molecule has 122 valence electrons. The van der Waals surface area contributed by atoms with Crippen LogP contribution in [0.3, 0.4) is 0 Å². The van der Waals surface area contributed by atoms with Crippen molar-refractivity contribution in [1.82, 2.24) is 9.55 Å². The maximum Gasteiger partial charge on any atom is 0.307 e. The van der Waals surface area contributed by atoms with Gasteiger partial charge in [0, 0.05) is 12.1 Å². The van der Waals surface area contributed by atoms with Crippen LogP contribution in [0.5, 0.6) is 0 Å². The lowest BCUT2D eigenvalue weighted by atomic mass is 10.0. The van der Waals surface area contributed by atoms with Gasteiger partial charge in [-0.15, -0.1) is 0 Å². The minimum Gasteiger partial charge on any atom is -0.469 e. The lowest BCUT2D eigenvalue weighted by Crippen LogP contribution is -2.15. The smallest absolute Gasteiger partial charge is 0.307 e. The summed E-state index contributed by atoms with van der Waals surface area (Å²) < 4.78 is 6.64. The molecule has 0 fully saturated rings. The van der Waals surface area contributed by atoms with Gasteiger partial charge in [-0.1, -0.05) is 30.3 Å². The lowest BCUT2D eigenvalue weighted by molar-refractivity contribution is -0.384. The molecule has 2 aromatic carbocycles. The van der Waals surface area contributed by atoms with Gasteiger partial charge in [-0.3, -0.25) is 14.9 Å². The molecule has 0 aliphatic carbocycles. The Kier molecular flexibility index (Phi) is 4.24. The van der Waals surface area contributed by atoms with E-state index in [0.717, 1.165) is 11.1 Å². The molecule has 24 heavy (non-hydrogen) atoms. The molecule has 0 radical (unpaired) electrons. The average molecular weight is 325 g/mol. The van der Waals surface area contributed by atoms with Crippen LogP contribution in [-0.4, -0.2) is 27.6 Å². The maximum absolute atomic E-state index is 11.8. The normalized spacial score (nSPS) is 12.0. The molecule has 1 heterocycles. The molecular formula is C17H15N3O4. The Morgan fingerprint density at radius 2 is 2.04 bits per heavy atom. The number of nitrogens with zero attached hydrogens (tertiary/aromatic N) is 3. The number of non-ortho nitro benzene ring substituents is 1. The van der Waals surface area contributed by atoms with E-state index in [1.165, 1.54) is 19.2 Å².